The predicted molar refractivity (Wildman–Crippen MR) is 110 cm³/mol. The van der Waals surface area contributed by atoms with Crippen LogP contribution >= 0.6 is 22.9 Å². The van der Waals surface area contributed by atoms with E-state index in [9.17, 15) is 19.8 Å². The van der Waals surface area contributed by atoms with E-state index in [2.05, 4.69) is 10.3 Å². The number of aliphatic hydroxyl groups is 1. The van der Waals surface area contributed by atoms with Crippen molar-refractivity contribution in [3.05, 3.63) is 10.0 Å². The Labute approximate surface area is 183 Å². The molecule has 0 aromatic carbocycles. The Bertz CT molecular complexity index is 733. The van der Waals surface area contributed by atoms with Gasteiger partial charge in [0, 0.05) is 17.5 Å². The van der Waals surface area contributed by atoms with Gasteiger partial charge in [-0.1, -0.05) is 36.8 Å². The first-order valence-electron chi connectivity index (χ1n) is 9.61. The molecule has 12 heteroatoms. The monoisotopic (exact) mass is 465 g/mol. The number of nitrogens with zero attached hydrogens (tertiary/aromatic N) is 2. The lowest BCUT2D eigenvalue weighted by Crippen LogP contribution is -2.55. The van der Waals surface area contributed by atoms with Crippen molar-refractivity contribution in [3.8, 4) is 5.19 Å². The summed E-state index contributed by atoms with van der Waals surface area (Å²) in [7, 11) is 1.52. The van der Waals surface area contributed by atoms with Crippen LogP contribution in [0.25, 0.3) is 0 Å². The summed E-state index contributed by atoms with van der Waals surface area (Å²) >= 11 is 7.58. The van der Waals surface area contributed by atoms with Crippen LogP contribution in [0.2, 0.25) is 5.15 Å². The molecule has 1 aliphatic rings. The number of aromatic nitrogens is 1. The maximum atomic E-state index is 11.6. The molecular weight excluding hydrogens is 438 g/mol. The number of carboxylic acids is 2. The van der Waals surface area contributed by atoms with Gasteiger partial charge < -0.3 is 25.4 Å². The van der Waals surface area contributed by atoms with E-state index in [1.165, 1.54) is 23.5 Å². The van der Waals surface area contributed by atoms with Crippen molar-refractivity contribution in [2.75, 3.05) is 26.7 Å². The molecule has 10 nitrogen and oxygen atoms in total. The van der Waals surface area contributed by atoms with Gasteiger partial charge in [0.2, 0.25) is 6.10 Å². The molecule has 170 valence electrons. The van der Waals surface area contributed by atoms with Crippen LogP contribution in [0.1, 0.15) is 25.1 Å². The highest BCUT2D eigenvalue weighted by Crippen LogP contribution is 2.33. The van der Waals surface area contributed by atoms with Crippen molar-refractivity contribution in [1.82, 2.24) is 15.4 Å². The van der Waals surface area contributed by atoms with Gasteiger partial charge >= 0.3 is 11.9 Å². The fourth-order valence-electron chi connectivity index (χ4n) is 3.39. The molecule has 0 aliphatic carbocycles. The van der Waals surface area contributed by atoms with Gasteiger partial charge in [-0.15, -0.1) is 0 Å². The molecule has 0 bridgehead atoms. The van der Waals surface area contributed by atoms with Gasteiger partial charge in [0.05, 0.1) is 7.11 Å². The zero-order valence-corrected chi connectivity index (χ0v) is 18.6. The number of hydrogen-bond acceptors (Lipinski definition) is 9. The summed E-state index contributed by atoms with van der Waals surface area (Å²) in [6, 6.07) is -0.208. The van der Waals surface area contributed by atoms with Gasteiger partial charge in [-0.05, 0) is 37.8 Å². The number of ether oxygens (including phenoxy) is 1. The van der Waals surface area contributed by atoms with E-state index in [0.717, 1.165) is 4.88 Å². The molecule has 1 aromatic heterocycles. The summed E-state index contributed by atoms with van der Waals surface area (Å²) in [5.41, 5.74) is 0. The van der Waals surface area contributed by atoms with E-state index >= 15 is 0 Å². The van der Waals surface area contributed by atoms with Crippen molar-refractivity contribution >= 4 is 34.9 Å². The fraction of sp³-hybridized carbons (Fsp3) is 0.722. The minimum atomic E-state index is -2.18. The lowest BCUT2D eigenvalue weighted by atomic mass is 9.89. The first-order chi connectivity index (χ1) is 14.1. The molecule has 1 saturated heterocycles. The minimum absolute atomic E-state index is 0.00317. The average Bonchev–Trinajstić information content (AvgIpc) is 3.04. The van der Waals surface area contributed by atoms with Gasteiger partial charge in [0.15, 0.2) is 6.10 Å². The van der Waals surface area contributed by atoms with E-state index < -0.39 is 24.1 Å². The molecule has 4 atom stereocenters. The fourth-order valence-corrected chi connectivity index (χ4v) is 4.57. The number of carboxylic acid groups (broad SMARTS) is 2. The summed E-state index contributed by atoms with van der Waals surface area (Å²) in [4.78, 5) is 33.3. The molecule has 2 heterocycles. The van der Waals surface area contributed by atoms with Crippen molar-refractivity contribution in [3.63, 3.8) is 0 Å². The molecule has 0 radical (unpaired) electrons. The SMILES string of the molecule is COc1nc(Cl)c(CC2CNCCC2N(CC(C)C)OC(C(=O)O)C(O)C(=O)O)s1. The number of hydrogen-bond donors (Lipinski definition) is 4. The highest BCUT2D eigenvalue weighted by molar-refractivity contribution is 7.13. The highest BCUT2D eigenvalue weighted by Gasteiger charge is 2.39. The smallest absolute Gasteiger partial charge is 0.338 e. The van der Waals surface area contributed by atoms with Crippen LogP contribution in [0.4, 0.5) is 0 Å². The lowest BCUT2D eigenvalue weighted by Gasteiger charge is -2.41. The maximum absolute atomic E-state index is 11.6. The van der Waals surface area contributed by atoms with Gasteiger partial charge in [0.1, 0.15) is 5.15 Å². The van der Waals surface area contributed by atoms with Crippen molar-refractivity contribution in [2.24, 2.45) is 11.8 Å². The Morgan fingerprint density at radius 2 is 2.07 bits per heavy atom. The number of aliphatic carboxylic acids is 2. The second-order valence-electron chi connectivity index (χ2n) is 7.56. The molecule has 30 heavy (non-hydrogen) atoms. The van der Waals surface area contributed by atoms with Crippen LogP contribution in [0.5, 0.6) is 5.19 Å². The number of carbonyl (C=O) groups is 2. The van der Waals surface area contributed by atoms with Crippen molar-refractivity contribution in [1.29, 1.82) is 0 Å². The van der Waals surface area contributed by atoms with Gasteiger partial charge in [-0.25, -0.2) is 9.59 Å². The zero-order chi connectivity index (χ0) is 22.4. The number of halogens is 1. The third-order valence-corrected chi connectivity index (χ3v) is 6.23. The van der Waals surface area contributed by atoms with Crippen molar-refractivity contribution < 1.29 is 34.5 Å². The number of nitrogens with one attached hydrogen (secondary N) is 1. The molecule has 1 fully saturated rings. The molecule has 1 aromatic rings. The van der Waals surface area contributed by atoms with Crippen molar-refractivity contribution in [2.45, 2.75) is 44.9 Å². The third-order valence-electron chi connectivity index (χ3n) is 4.77. The minimum Gasteiger partial charge on any atom is -0.479 e. The van der Waals surface area contributed by atoms with E-state index in [0.29, 0.717) is 42.8 Å². The van der Waals surface area contributed by atoms with Gasteiger partial charge in [0.25, 0.3) is 5.19 Å². The third kappa shape index (κ3) is 6.50. The van der Waals surface area contributed by atoms with Gasteiger partial charge in [-0.2, -0.15) is 10.0 Å². The number of rotatable bonds is 11. The topological polar surface area (TPSA) is 141 Å². The Morgan fingerprint density at radius 1 is 1.37 bits per heavy atom. The molecule has 1 aliphatic heterocycles. The van der Waals surface area contributed by atoms with Crippen LogP contribution < -0.4 is 10.1 Å². The summed E-state index contributed by atoms with van der Waals surface area (Å²) in [5, 5.41) is 34.0. The van der Waals surface area contributed by atoms with Crippen LogP contribution in [-0.2, 0) is 20.8 Å². The summed E-state index contributed by atoms with van der Waals surface area (Å²) < 4.78 is 5.14. The number of hydroxylamine groups is 2. The van der Waals surface area contributed by atoms with Crippen LogP contribution in [0, 0.1) is 11.8 Å². The molecule has 4 unspecified atom stereocenters. The quantitative estimate of drug-likeness (QED) is 0.351. The second-order valence-corrected chi connectivity index (χ2v) is 8.97. The molecular formula is C18H28ClN3O7S. The van der Waals surface area contributed by atoms with E-state index in [1.54, 1.807) is 0 Å². The maximum Gasteiger partial charge on any atom is 0.338 e. The standard InChI is InChI=1S/C18H28ClN3O7S/c1-9(2)8-22(29-14(17(26)27)13(23)16(24)25)11-4-5-20-7-10(11)6-12-15(19)21-18(28-3)30-12/h9-11,13-14,20,23H,4-8H2,1-3H3,(H,24,25)(H,26,27). The Kier molecular flexibility index (Phi) is 9.26. The first kappa shape index (κ1) is 24.8. The first-order valence-corrected chi connectivity index (χ1v) is 10.8. The van der Waals surface area contributed by atoms with E-state index in [4.69, 9.17) is 26.3 Å². The molecule has 0 saturated carbocycles. The van der Waals surface area contributed by atoms with Crippen LogP contribution in [0.15, 0.2) is 0 Å². The Morgan fingerprint density at radius 3 is 2.60 bits per heavy atom. The summed E-state index contributed by atoms with van der Waals surface area (Å²) in [6.45, 7) is 5.59. The normalized spacial score (nSPS) is 21.6. The summed E-state index contributed by atoms with van der Waals surface area (Å²) in [5.74, 6) is -3.09. The molecule has 0 spiro atoms. The number of thiazole rings is 1. The van der Waals surface area contributed by atoms with Crippen LogP contribution in [-0.4, -0.2) is 82.3 Å². The van der Waals surface area contributed by atoms with E-state index in [1.807, 2.05) is 13.8 Å². The molecule has 4 N–H and O–H groups in total. The lowest BCUT2D eigenvalue weighted by molar-refractivity contribution is -0.257. The molecule has 2 rings (SSSR count). The largest absolute Gasteiger partial charge is 0.479 e. The number of methoxy groups -OCH3 is 1. The predicted octanol–water partition coefficient (Wildman–Crippen LogP) is 1.11. The van der Waals surface area contributed by atoms with Crippen LogP contribution in [0.3, 0.4) is 0 Å². The Balaban J connectivity index is 2.26. The van der Waals surface area contributed by atoms with E-state index in [-0.39, 0.29) is 17.9 Å². The summed E-state index contributed by atoms with van der Waals surface area (Å²) in [6.07, 6.45) is -2.88. The second kappa shape index (κ2) is 11.2. The van der Waals surface area contributed by atoms with Gasteiger partial charge in [-0.3, -0.25) is 4.84 Å². The Hall–Kier alpha value is -1.50. The number of aliphatic hydroxyl groups excluding tert-OH is 1. The molecule has 0 amide bonds. The zero-order valence-electron chi connectivity index (χ0n) is 17.1. The number of piperidine rings is 1. The highest BCUT2D eigenvalue weighted by atomic mass is 35.5. The average molecular weight is 466 g/mol.